The van der Waals surface area contributed by atoms with E-state index in [0.717, 1.165) is 31.9 Å². The average molecular weight is 246 g/mol. The van der Waals surface area contributed by atoms with Crippen molar-refractivity contribution in [1.29, 1.82) is 5.26 Å². The smallest absolute Gasteiger partial charge is 0.101 e. The first-order valence-electron chi connectivity index (χ1n) is 6.13. The number of nitrogens with two attached hydrogens (primary N) is 1. The van der Waals surface area contributed by atoms with Gasteiger partial charge in [0.15, 0.2) is 0 Å². The van der Waals surface area contributed by atoms with Crippen LogP contribution in [-0.4, -0.2) is 49.3 Å². The molecule has 1 aliphatic rings. The molecule has 0 spiro atoms. The Morgan fingerprint density at radius 2 is 2.00 bits per heavy atom. The molecule has 1 heterocycles. The third-order valence-electron chi connectivity index (χ3n) is 3.29. The Labute approximate surface area is 107 Å². The third-order valence-corrected chi connectivity index (χ3v) is 3.29. The predicted octanol–water partition coefficient (Wildman–Crippen LogP) is 0.255. The highest BCUT2D eigenvalue weighted by Gasteiger charge is 2.20. The van der Waals surface area contributed by atoms with Crippen LogP contribution in [0.15, 0.2) is 18.2 Å². The van der Waals surface area contributed by atoms with Crippen LogP contribution in [0.4, 0.5) is 11.4 Å². The summed E-state index contributed by atoms with van der Waals surface area (Å²) in [6, 6.07) is 7.63. The second kappa shape index (κ2) is 5.71. The van der Waals surface area contributed by atoms with Gasteiger partial charge in [0, 0.05) is 32.7 Å². The van der Waals surface area contributed by atoms with E-state index in [2.05, 4.69) is 15.9 Å². The Bertz CT molecular complexity index is 447. The Morgan fingerprint density at radius 1 is 1.28 bits per heavy atom. The largest absolute Gasteiger partial charge is 0.397 e. The van der Waals surface area contributed by atoms with E-state index in [1.54, 1.807) is 12.1 Å². The normalized spacial score (nSPS) is 16.6. The van der Waals surface area contributed by atoms with Crippen LogP contribution in [0.3, 0.4) is 0 Å². The van der Waals surface area contributed by atoms with Crippen LogP contribution in [-0.2, 0) is 0 Å². The van der Waals surface area contributed by atoms with Gasteiger partial charge >= 0.3 is 0 Å². The van der Waals surface area contributed by atoms with Crippen molar-refractivity contribution < 1.29 is 5.11 Å². The fraction of sp³-hybridized carbons (Fsp3) is 0.462. The van der Waals surface area contributed by atoms with Gasteiger partial charge in [-0.3, -0.25) is 4.90 Å². The van der Waals surface area contributed by atoms with Gasteiger partial charge in [0.05, 0.1) is 23.5 Å². The summed E-state index contributed by atoms with van der Waals surface area (Å²) >= 11 is 0. The van der Waals surface area contributed by atoms with Crippen molar-refractivity contribution in [2.24, 2.45) is 0 Å². The number of nitriles is 1. The number of nitrogens with zero attached hydrogens (tertiary/aromatic N) is 3. The van der Waals surface area contributed by atoms with Gasteiger partial charge in [-0.15, -0.1) is 0 Å². The molecule has 1 saturated heterocycles. The topological polar surface area (TPSA) is 76.5 Å². The van der Waals surface area contributed by atoms with Crippen molar-refractivity contribution in [2.75, 3.05) is 50.0 Å². The quantitative estimate of drug-likeness (QED) is 0.748. The lowest BCUT2D eigenvalue weighted by Gasteiger charge is -2.36. The summed E-state index contributed by atoms with van der Waals surface area (Å²) < 4.78 is 0. The van der Waals surface area contributed by atoms with Crippen molar-refractivity contribution in [3.8, 4) is 6.07 Å². The number of β-amino-alcohol motifs (C(OH)–C–C–N with tert-alkyl or cyclic N) is 1. The lowest BCUT2D eigenvalue weighted by molar-refractivity contribution is 0.189. The minimum Gasteiger partial charge on any atom is -0.397 e. The molecule has 0 atom stereocenters. The third kappa shape index (κ3) is 2.55. The van der Waals surface area contributed by atoms with Gasteiger partial charge in [0.2, 0.25) is 0 Å². The molecule has 1 aromatic rings. The maximum Gasteiger partial charge on any atom is 0.101 e. The molecule has 1 aromatic carbocycles. The van der Waals surface area contributed by atoms with Gasteiger partial charge in [-0.1, -0.05) is 6.07 Å². The van der Waals surface area contributed by atoms with Gasteiger partial charge in [-0.2, -0.15) is 5.26 Å². The number of hydrogen-bond acceptors (Lipinski definition) is 5. The number of para-hydroxylation sites is 1. The van der Waals surface area contributed by atoms with Crippen molar-refractivity contribution in [3.63, 3.8) is 0 Å². The van der Waals surface area contributed by atoms with Crippen molar-refractivity contribution >= 4 is 11.4 Å². The minimum atomic E-state index is 0.191. The molecule has 0 amide bonds. The van der Waals surface area contributed by atoms with E-state index < -0.39 is 0 Å². The molecule has 1 fully saturated rings. The molecule has 1 aliphatic heterocycles. The summed E-state index contributed by atoms with van der Waals surface area (Å²) in [4.78, 5) is 4.36. The first-order valence-corrected chi connectivity index (χ1v) is 6.13. The SMILES string of the molecule is N#Cc1cccc(N)c1N1CCN(CCO)CC1. The maximum absolute atomic E-state index is 9.13. The fourth-order valence-corrected chi connectivity index (χ4v) is 2.34. The van der Waals surface area contributed by atoms with Crippen molar-refractivity contribution in [1.82, 2.24) is 4.90 Å². The summed E-state index contributed by atoms with van der Waals surface area (Å²) in [7, 11) is 0. The molecule has 2 rings (SSSR count). The first kappa shape index (κ1) is 12.7. The maximum atomic E-state index is 9.13. The molecule has 0 unspecified atom stereocenters. The summed E-state index contributed by atoms with van der Waals surface area (Å²) in [5.74, 6) is 0. The zero-order chi connectivity index (χ0) is 13.0. The molecule has 0 saturated carbocycles. The number of rotatable bonds is 3. The van der Waals surface area contributed by atoms with E-state index in [1.165, 1.54) is 0 Å². The molecular weight excluding hydrogens is 228 g/mol. The van der Waals surface area contributed by atoms with Gasteiger partial charge in [-0.25, -0.2) is 0 Å². The number of piperazine rings is 1. The summed E-state index contributed by atoms with van der Waals surface area (Å²) in [6.45, 7) is 4.35. The molecule has 96 valence electrons. The fourth-order valence-electron chi connectivity index (χ4n) is 2.34. The van der Waals surface area contributed by atoms with E-state index in [0.29, 0.717) is 17.8 Å². The Kier molecular flexibility index (Phi) is 4.03. The predicted molar refractivity (Wildman–Crippen MR) is 71.3 cm³/mol. The van der Waals surface area contributed by atoms with Gasteiger partial charge in [0.1, 0.15) is 6.07 Å². The number of nitrogen functional groups attached to an aromatic ring is 1. The molecule has 0 bridgehead atoms. The van der Waals surface area contributed by atoms with Crippen LogP contribution in [0.1, 0.15) is 5.56 Å². The molecule has 5 heteroatoms. The van der Waals surface area contributed by atoms with Crippen LogP contribution in [0.2, 0.25) is 0 Å². The standard InChI is InChI=1S/C13H18N4O/c14-10-11-2-1-3-12(15)13(11)17-6-4-16(5-7-17)8-9-18/h1-3,18H,4-9,15H2. The van der Waals surface area contributed by atoms with E-state index in [9.17, 15) is 0 Å². The molecule has 0 radical (unpaired) electrons. The van der Waals surface area contributed by atoms with Crippen molar-refractivity contribution in [3.05, 3.63) is 23.8 Å². The van der Waals surface area contributed by atoms with E-state index in [1.807, 2.05) is 6.07 Å². The number of aliphatic hydroxyl groups excluding tert-OH is 1. The summed E-state index contributed by atoms with van der Waals surface area (Å²) in [5, 5.41) is 18.0. The summed E-state index contributed by atoms with van der Waals surface area (Å²) in [6.07, 6.45) is 0. The van der Waals surface area contributed by atoms with Gasteiger partial charge < -0.3 is 15.7 Å². The second-order valence-corrected chi connectivity index (χ2v) is 4.41. The molecule has 0 aliphatic carbocycles. The Morgan fingerprint density at radius 3 is 2.61 bits per heavy atom. The van der Waals surface area contributed by atoms with Crippen LogP contribution in [0.25, 0.3) is 0 Å². The lowest BCUT2D eigenvalue weighted by Crippen LogP contribution is -2.47. The van der Waals surface area contributed by atoms with Crippen LogP contribution in [0.5, 0.6) is 0 Å². The van der Waals surface area contributed by atoms with E-state index in [4.69, 9.17) is 16.1 Å². The first-order chi connectivity index (χ1) is 8.76. The highest BCUT2D eigenvalue weighted by molar-refractivity contribution is 5.74. The van der Waals surface area contributed by atoms with Crippen LogP contribution < -0.4 is 10.6 Å². The highest BCUT2D eigenvalue weighted by Crippen LogP contribution is 2.28. The van der Waals surface area contributed by atoms with Gasteiger partial charge in [-0.05, 0) is 12.1 Å². The Balaban J connectivity index is 2.13. The van der Waals surface area contributed by atoms with E-state index >= 15 is 0 Å². The number of anilines is 2. The number of aliphatic hydroxyl groups is 1. The summed E-state index contributed by atoms with van der Waals surface area (Å²) in [5.41, 5.74) is 8.11. The number of hydrogen-bond donors (Lipinski definition) is 2. The zero-order valence-corrected chi connectivity index (χ0v) is 10.3. The highest BCUT2D eigenvalue weighted by atomic mass is 16.3. The molecule has 18 heavy (non-hydrogen) atoms. The van der Waals surface area contributed by atoms with Gasteiger partial charge in [0.25, 0.3) is 0 Å². The zero-order valence-electron chi connectivity index (χ0n) is 10.3. The van der Waals surface area contributed by atoms with Crippen LogP contribution >= 0.6 is 0 Å². The number of benzene rings is 1. The van der Waals surface area contributed by atoms with E-state index in [-0.39, 0.29) is 6.61 Å². The molecule has 5 nitrogen and oxygen atoms in total. The monoisotopic (exact) mass is 246 g/mol. The Hall–Kier alpha value is -1.77. The lowest BCUT2D eigenvalue weighted by atomic mass is 10.1. The molecule has 0 aromatic heterocycles. The average Bonchev–Trinajstić information content (AvgIpc) is 2.40. The minimum absolute atomic E-state index is 0.191. The molecular formula is C13H18N4O. The molecule has 3 N–H and O–H groups in total. The van der Waals surface area contributed by atoms with Crippen molar-refractivity contribution in [2.45, 2.75) is 0 Å². The van der Waals surface area contributed by atoms with Crippen LogP contribution in [0, 0.1) is 11.3 Å². The second-order valence-electron chi connectivity index (χ2n) is 4.41.